The normalized spacial score (nSPS) is 12.9. The lowest BCUT2D eigenvalue weighted by atomic mass is 10.1. The minimum absolute atomic E-state index is 0.601. The molecule has 2 nitrogen and oxygen atoms in total. The number of nitrogens with two attached hydrogens (primary N) is 1. The van der Waals surface area contributed by atoms with E-state index in [1.165, 1.54) is 41.4 Å². The van der Waals surface area contributed by atoms with Gasteiger partial charge in [-0.15, -0.1) is 0 Å². The van der Waals surface area contributed by atoms with Gasteiger partial charge in [-0.05, 0) is 43.5 Å². The molecule has 1 aromatic carbocycles. The fourth-order valence-corrected chi connectivity index (χ4v) is 2.69. The van der Waals surface area contributed by atoms with E-state index >= 15 is 0 Å². The standard InChI is InChI=1S/C16H27BrN2/c1-4-6-9-19(13(3)5-2)12-15-8-7-14(11-18)10-16(15)17/h7-8,10,13H,4-6,9,11-12,18H2,1-3H3. The molecule has 0 amide bonds. The number of hydrogen-bond acceptors (Lipinski definition) is 2. The van der Waals surface area contributed by atoms with Gasteiger partial charge in [-0.2, -0.15) is 0 Å². The maximum Gasteiger partial charge on any atom is 0.0247 e. The van der Waals surface area contributed by atoms with Crippen LogP contribution in [0, 0.1) is 0 Å². The molecule has 0 radical (unpaired) electrons. The highest BCUT2D eigenvalue weighted by Crippen LogP contribution is 2.22. The molecule has 0 fully saturated rings. The molecule has 1 unspecified atom stereocenters. The fraction of sp³-hybridized carbons (Fsp3) is 0.625. The number of rotatable bonds is 8. The second-order valence-electron chi connectivity index (χ2n) is 5.21. The first-order chi connectivity index (χ1) is 9.12. The van der Waals surface area contributed by atoms with Crippen LogP contribution in [0.5, 0.6) is 0 Å². The van der Waals surface area contributed by atoms with Crippen LogP contribution in [0.1, 0.15) is 51.2 Å². The Balaban J connectivity index is 2.77. The Morgan fingerprint density at radius 2 is 2.05 bits per heavy atom. The van der Waals surface area contributed by atoms with Gasteiger partial charge in [0.1, 0.15) is 0 Å². The van der Waals surface area contributed by atoms with Crippen LogP contribution in [-0.4, -0.2) is 17.5 Å². The van der Waals surface area contributed by atoms with E-state index < -0.39 is 0 Å². The summed E-state index contributed by atoms with van der Waals surface area (Å²) in [5.41, 5.74) is 8.21. The lowest BCUT2D eigenvalue weighted by Gasteiger charge is -2.29. The molecule has 0 spiro atoms. The highest BCUT2D eigenvalue weighted by atomic mass is 79.9. The number of nitrogens with zero attached hydrogens (tertiary/aromatic N) is 1. The Hall–Kier alpha value is -0.380. The summed E-state index contributed by atoms with van der Waals surface area (Å²) in [5, 5.41) is 0. The van der Waals surface area contributed by atoms with Crippen molar-refractivity contribution in [1.29, 1.82) is 0 Å². The van der Waals surface area contributed by atoms with Crippen LogP contribution in [0.3, 0.4) is 0 Å². The van der Waals surface area contributed by atoms with Crippen LogP contribution in [0.15, 0.2) is 22.7 Å². The van der Waals surface area contributed by atoms with Crippen molar-refractivity contribution in [3.05, 3.63) is 33.8 Å². The van der Waals surface area contributed by atoms with E-state index in [1.807, 2.05) is 0 Å². The van der Waals surface area contributed by atoms with Crippen LogP contribution in [0.25, 0.3) is 0 Å². The molecule has 0 saturated heterocycles. The van der Waals surface area contributed by atoms with Crippen molar-refractivity contribution in [3.8, 4) is 0 Å². The SMILES string of the molecule is CCCCN(Cc1ccc(CN)cc1Br)C(C)CC. The zero-order valence-electron chi connectivity index (χ0n) is 12.5. The lowest BCUT2D eigenvalue weighted by Crippen LogP contribution is -2.33. The summed E-state index contributed by atoms with van der Waals surface area (Å²) in [6, 6.07) is 7.11. The molecule has 3 heteroatoms. The molecule has 1 aromatic rings. The first-order valence-electron chi connectivity index (χ1n) is 7.33. The third-order valence-electron chi connectivity index (χ3n) is 3.74. The van der Waals surface area contributed by atoms with Gasteiger partial charge in [-0.3, -0.25) is 4.90 Å². The topological polar surface area (TPSA) is 29.3 Å². The quantitative estimate of drug-likeness (QED) is 0.771. The number of unbranched alkanes of at least 4 members (excludes halogenated alkanes) is 1. The summed E-state index contributed by atoms with van der Waals surface area (Å²) in [7, 11) is 0. The van der Waals surface area contributed by atoms with Crippen LogP contribution < -0.4 is 5.73 Å². The van der Waals surface area contributed by atoms with Crippen LogP contribution >= 0.6 is 15.9 Å². The van der Waals surface area contributed by atoms with Gasteiger partial charge < -0.3 is 5.73 Å². The fourth-order valence-electron chi connectivity index (χ4n) is 2.14. The number of halogens is 1. The van der Waals surface area contributed by atoms with Crippen molar-refractivity contribution in [2.24, 2.45) is 5.73 Å². The molecule has 0 saturated carbocycles. The predicted octanol–water partition coefficient (Wildman–Crippen LogP) is 4.31. The van der Waals surface area contributed by atoms with E-state index in [2.05, 4.69) is 59.8 Å². The van der Waals surface area contributed by atoms with E-state index in [4.69, 9.17) is 5.73 Å². The molecule has 0 aromatic heterocycles. The molecular formula is C16H27BrN2. The minimum atomic E-state index is 0.601. The maximum absolute atomic E-state index is 5.67. The minimum Gasteiger partial charge on any atom is -0.326 e. The van der Waals surface area contributed by atoms with Crippen molar-refractivity contribution in [2.45, 2.75) is 59.2 Å². The zero-order chi connectivity index (χ0) is 14.3. The van der Waals surface area contributed by atoms with Gasteiger partial charge >= 0.3 is 0 Å². The summed E-state index contributed by atoms with van der Waals surface area (Å²) in [6.45, 7) is 9.62. The summed E-state index contributed by atoms with van der Waals surface area (Å²) in [4.78, 5) is 2.58. The van der Waals surface area contributed by atoms with Crippen LogP contribution in [0.2, 0.25) is 0 Å². The number of benzene rings is 1. The monoisotopic (exact) mass is 326 g/mol. The molecule has 0 bridgehead atoms. The van der Waals surface area contributed by atoms with Gasteiger partial charge in [0, 0.05) is 23.6 Å². The Morgan fingerprint density at radius 1 is 1.32 bits per heavy atom. The third kappa shape index (κ3) is 5.25. The molecule has 0 aliphatic heterocycles. The Morgan fingerprint density at radius 3 is 2.58 bits per heavy atom. The highest BCUT2D eigenvalue weighted by molar-refractivity contribution is 9.10. The molecular weight excluding hydrogens is 300 g/mol. The van der Waals surface area contributed by atoms with Crippen LogP contribution in [0.4, 0.5) is 0 Å². The molecule has 0 heterocycles. The molecule has 108 valence electrons. The van der Waals surface area contributed by atoms with Gasteiger partial charge in [0.05, 0.1) is 0 Å². The third-order valence-corrected chi connectivity index (χ3v) is 4.48. The van der Waals surface area contributed by atoms with Crippen molar-refractivity contribution in [2.75, 3.05) is 6.54 Å². The van der Waals surface area contributed by atoms with Crippen LogP contribution in [-0.2, 0) is 13.1 Å². The van der Waals surface area contributed by atoms with E-state index in [0.717, 1.165) is 6.54 Å². The summed E-state index contributed by atoms with van der Waals surface area (Å²) < 4.78 is 1.18. The van der Waals surface area contributed by atoms with Gasteiger partial charge in [-0.25, -0.2) is 0 Å². The van der Waals surface area contributed by atoms with Gasteiger partial charge in [-0.1, -0.05) is 48.3 Å². The summed E-state index contributed by atoms with van der Waals surface area (Å²) >= 11 is 3.67. The van der Waals surface area contributed by atoms with Gasteiger partial charge in [0.15, 0.2) is 0 Å². The van der Waals surface area contributed by atoms with E-state index in [-0.39, 0.29) is 0 Å². The number of hydrogen-bond donors (Lipinski definition) is 1. The second kappa shape index (κ2) is 8.72. The molecule has 1 atom stereocenters. The largest absolute Gasteiger partial charge is 0.326 e. The molecule has 19 heavy (non-hydrogen) atoms. The average molecular weight is 327 g/mol. The second-order valence-corrected chi connectivity index (χ2v) is 6.07. The van der Waals surface area contributed by atoms with E-state index in [0.29, 0.717) is 12.6 Å². The first-order valence-corrected chi connectivity index (χ1v) is 8.13. The zero-order valence-corrected chi connectivity index (χ0v) is 14.0. The summed E-state index contributed by atoms with van der Waals surface area (Å²) in [6.07, 6.45) is 3.71. The molecule has 2 N–H and O–H groups in total. The van der Waals surface area contributed by atoms with E-state index in [9.17, 15) is 0 Å². The van der Waals surface area contributed by atoms with E-state index in [1.54, 1.807) is 0 Å². The summed E-state index contributed by atoms with van der Waals surface area (Å²) in [5.74, 6) is 0. The predicted molar refractivity (Wildman–Crippen MR) is 87.1 cm³/mol. The smallest absolute Gasteiger partial charge is 0.0247 e. The Labute approximate surface area is 126 Å². The maximum atomic E-state index is 5.67. The lowest BCUT2D eigenvalue weighted by molar-refractivity contribution is 0.192. The average Bonchev–Trinajstić information content (AvgIpc) is 2.43. The molecule has 0 aliphatic rings. The highest BCUT2D eigenvalue weighted by Gasteiger charge is 2.13. The van der Waals surface area contributed by atoms with Gasteiger partial charge in [0.25, 0.3) is 0 Å². The van der Waals surface area contributed by atoms with Crippen molar-refractivity contribution >= 4 is 15.9 Å². The first kappa shape index (κ1) is 16.7. The van der Waals surface area contributed by atoms with Crippen molar-refractivity contribution in [1.82, 2.24) is 4.90 Å². The molecule has 0 aliphatic carbocycles. The van der Waals surface area contributed by atoms with Gasteiger partial charge in [0.2, 0.25) is 0 Å². The Bertz CT molecular complexity index is 379. The molecule has 1 rings (SSSR count). The Kier molecular flexibility index (Phi) is 7.66. The van der Waals surface area contributed by atoms with Crippen molar-refractivity contribution in [3.63, 3.8) is 0 Å². The van der Waals surface area contributed by atoms with Crippen molar-refractivity contribution < 1.29 is 0 Å².